The Morgan fingerprint density at radius 2 is 1.96 bits per heavy atom. The third-order valence-corrected chi connectivity index (χ3v) is 3.83. The van der Waals surface area contributed by atoms with Gasteiger partial charge in [0.05, 0.1) is 17.9 Å². The number of rotatable bonds is 7. The number of hydrogen-bond acceptors (Lipinski definition) is 4. The molecule has 138 valence electrons. The first-order chi connectivity index (χ1) is 13.0. The molecule has 5 nitrogen and oxygen atoms in total. The second-order valence-corrected chi connectivity index (χ2v) is 5.83. The molecule has 0 aliphatic carbocycles. The summed E-state index contributed by atoms with van der Waals surface area (Å²) in [5, 5.41) is 2.80. The number of anilines is 3. The van der Waals surface area contributed by atoms with Gasteiger partial charge in [-0.15, -0.1) is 0 Å². The summed E-state index contributed by atoms with van der Waals surface area (Å²) < 4.78 is 0. The molecule has 5 heteroatoms. The molecule has 27 heavy (non-hydrogen) atoms. The lowest BCUT2D eigenvalue weighted by atomic mass is 10.1. The first-order valence-electron chi connectivity index (χ1n) is 8.54. The van der Waals surface area contributed by atoms with Crippen molar-refractivity contribution in [2.75, 3.05) is 23.3 Å². The summed E-state index contributed by atoms with van der Waals surface area (Å²) in [6, 6.07) is 12.2. The minimum absolute atomic E-state index is 0.262. The van der Waals surface area contributed by atoms with Crippen LogP contribution in [0, 0.1) is 0 Å². The predicted molar refractivity (Wildman–Crippen MR) is 115 cm³/mol. The molecule has 0 saturated heterocycles. The number of benzene rings is 2. The minimum Gasteiger partial charge on any atom is -0.398 e. The number of nitrogens with one attached hydrogen (secondary N) is 1. The maximum atomic E-state index is 12.5. The number of para-hydroxylation sites is 2. The maximum absolute atomic E-state index is 12.5. The van der Waals surface area contributed by atoms with Crippen molar-refractivity contribution in [1.29, 1.82) is 0 Å². The van der Waals surface area contributed by atoms with E-state index in [9.17, 15) is 4.79 Å². The Morgan fingerprint density at radius 1 is 1.19 bits per heavy atom. The highest BCUT2D eigenvalue weighted by Gasteiger charge is 2.09. The van der Waals surface area contributed by atoms with Crippen molar-refractivity contribution in [1.82, 2.24) is 0 Å². The highest BCUT2D eigenvalue weighted by atomic mass is 16.1. The summed E-state index contributed by atoms with van der Waals surface area (Å²) in [5.74, 6) is -0.262. The maximum Gasteiger partial charge on any atom is 0.255 e. The van der Waals surface area contributed by atoms with Crippen LogP contribution in [0.15, 0.2) is 83.9 Å². The van der Waals surface area contributed by atoms with E-state index in [4.69, 9.17) is 11.5 Å². The van der Waals surface area contributed by atoms with Crippen molar-refractivity contribution in [3.05, 3.63) is 90.0 Å². The molecular weight excluding hydrogens is 336 g/mol. The molecule has 0 aliphatic rings. The zero-order chi connectivity index (χ0) is 19.6. The summed E-state index contributed by atoms with van der Waals surface area (Å²) in [6.07, 6.45) is 9.24. The number of nitrogens with two attached hydrogens (primary N) is 2. The smallest absolute Gasteiger partial charge is 0.255 e. The van der Waals surface area contributed by atoms with Gasteiger partial charge in [-0.3, -0.25) is 9.79 Å². The Hall–Kier alpha value is -3.60. The van der Waals surface area contributed by atoms with Crippen LogP contribution in [0.2, 0.25) is 0 Å². The number of allylic oxidation sites excluding steroid dienone is 3. The van der Waals surface area contributed by atoms with Gasteiger partial charge in [0.2, 0.25) is 0 Å². The second kappa shape index (κ2) is 9.77. The first kappa shape index (κ1) is 19.7. The molecule has 0 saturated carbocycles. The molecule has 2 rings (SSSR count). The molecule has 0 atom stereocenters. The van der Waals surface area contributed by atoms with Crippen molar-refractivity contribution in [2.45, 2.75) is 6.92 Å². The third kappa shape index (κ3) is 5.71. The van der Waals surface area contributed by atoms with Crippen molar-refractivity contribution in [3.8, 4) is 0 Å². The number of nitrogens with zero attached hydrogens (tertiary/aromatic N) is 1. The van der Waals surface area contributed by atoms with Gasteiger partial charge in [-0.05, 0) is 42.8 Å². The molecule has 0 aliphatic heterocycles. The summed E-state index contributed by atoms with van der Waals surface area (Å²) in [5.41, 5.74) is 15.6. The highest BCUT2D eigenvalue weighted by molar-refractivity contribution is 6.07. The average molecular weight is 360 g/mol. The van der Waals surface area contributed by atoms with Crippen LogP contribution in [0.5, 0.6) is 0 Å². The molecule has 0 radical (unpaired) electrons. The van der Waals surface area contributed by atoms with Gasteiger partial charge in [-0.25, -0.2) is 0 Å². The predicted octanol–water partition coefficient (Wildman–Crippen LogP) is 4.21. The van der Waals surface area contributed by atoms with Crippen LogP contribution in [0.4, 0.5) is 17.1 Å². The van der Waals surface area contributed by atoms with Crippen molar-refractivity contribution in [2.24, 2.45) is 4.99 Å². The van der Waals surface area contributed by atoms with Crippen LogP contribution in [-0.2, 0) is 0 Å². The zero-order valence-corrected chi connectivity index (χ0v) is 15.4. The molecule has 0 fully saturated rings. The summed E-state index contributed by atoms with van der Waals surface area (Å²) >= 11 is 0. The van der Waals surface area contributed by atoms with Crippen LogP contribution in [-0.4, -0.2) is 18.7 Å². The Balaban J connectivity index is 2.15. The van der Waals surface area contributed by atoms with Crippen LogP contribution >= 0.6 is 0 Å². The molecule has 1 amide bonds. The number of aliphatic imine (C=N–C) groups is 1. The molecule has 0 heterocycles. The van der Waals surface area contributed by atoms with Gasteiger partial charge >= 0.3 is 0 Å². The van der Waals surface area contributed by atoms with E-state index in [2.05, 4.69) is 16.9 Å². The van der Waals surface area contributed by atoms with Crippen LogP contribution in [0.25, 0.3) is 0 Å². The number of nitrogen functional groups attached to an aromatic ring is 2. The summed E-state index contributed by atoms with van der Waals surface area (Å²) in [6.45, 7) is 6.20. The van der Waals surface area contributed by atoms with Gasteiger partial charge < -0.3 is 16.8 Å². The van der Waals surface area contributed by atoms with Gasteiger partial charge in [0.1, 0.15) is 0 Å². The Morgan fingerprint density at radius 3 is 2.67 bits per heavy atom. The van der Waals surface area contributed by atoms with Gasteiger partial charge in [0.15, 0.2) is 0 Å². The average Bonchev–Trinajstić information content (AvgIpc) is 2.67. The first-order valence-corrected chi connectivity index (χ1v) is 8.54. The molecule has 0 unspecified atom stereocenters. The van der Waals surface area contributed by atoms with Gasteiger partial charge in [-0.2, -0.15) is 0 Å². The zero-order valence-electron chi connectivity index (χ0n) is 15.4. The van der Waals surface area contributed by atoms with Crippen LogP contribution in [0.3, 0.4) is 0 Å². The summed E-state index contributed by atoms with van der Waals surface area (Å²) in [7, 11) is 0. The number of hydrogen-bond donors (Lipinski definition) is 3. The Bertz CT molecular complexity index is 910. The topological polar surface area (TPSA) is 93.5 Å². The monoisotopic (exact) mass is 360 g/mol. The third-order valence-electron chi connectivity index (χ3n) is 3.83. The molecule has 0 spiro atoms. The molecule has 2 aromatic carbocycles. The lowest BCUT2D eigenvalue weighted by Crippen LogP contribution is -2.13. The summed E-state index contributed by atoms with van der Waals surface area (Å²) in [4.78, 5) is 16.9. The van der Waals surface area contributed by atoms with E-state index in [1.807, 2.05) is 37.3 Å². The molecule has 0 bridgehead atoms. The number of amides is 1. The van der Waals surface area contributed by atoms with Gasteiger partial charge in [-0.1, -0.05) is 43.0 Å². The Kier molecular flexibility index (Phi) is 7.14. The lowest BCUT2D eigenvalue weighted by Gasteiger charge is -2.09. The number of carbonyl (C=O) groups is 1. The number of carbonyl (C=O) groups excluding carboxylic acids is 1. The van der Waals surface area contributed by atoms with E-state index in [1.54, 1.807) is 42.6 Å². The highest BCUT2D eigenvalue weighted by Crippen LogP contribution is 2.19. The van der Waals surface area contributed by atoms with Crippen molar-refractivity contribution >= 4 is 29.2 Å². The fourth-order valence-electron chi connectivity index (χ4n) is 2.29. The molecule has 0 aromatic heterocycles. The van der Waals surface area contributed by atoms with E-state index in [1.165, 1.54) is 0 Å². The Labute approximate surface area is 159 Å². The van der Waals surface area contributed by atoms with Gasteiger partial charge in [0, 0.05) is 23.0 Å². The minimum atomic E-state index is -0.262. The molecule has 5 N–H and O–H groups in total. The van der Waals surface area contributed by atoms with Crippen LogP contribution < -0.4 is 16.8 Å². The van der Waals surface area contributed by atoms with E-state index >= 15 is 0 Å². The largest absolute Gasteiger partial charge is 0.398 e. The van der Waals surface area contributed by atoms with Crippen molar-refractivity contribution < 1.29 is 4.79 Å². The van der Waals surface area contributed by atoms with Crippen LogP contribution in [0.1, 0.15) is 22.8 Å². The second-order valence-electron chi connectivity index (χ2n) is 5.83. The molecule has 2 aromatic rings. The van der Waals surface area contributed by atoms with Gasteiger partial charge in [0.25, 0.3) is 5.91 Å². The van der Waals surface area contributed by atoms with E-state index in [0.717, 1.165) is 5.57 Å². The quantitative estimate of drug-likeness (QED) is 0.392. The standard InChI is InChI=1S/C22H24N4O/c1-3-5-8-16(4-2)14-25-15-18-13-17(11-12-19(18)23)22(27)26-21-10-7-6-9-20(21)24/h3-13,15H,2,14,23-24H2,1H3,(H,26,27)/b5-3-,16-8+,25-15?. The lowest BCUT2D eigenvalue weighted by molar-refractivity contribution is 0.102. The fourth-order valence-corrected chi connectivity index (χ4v) is 2.29. The fraction of sp³-hybridized carbons (Fsp3) is 0.0909. The van der Waals surface area contributed by atoms with E-state index in [-0.39, 0.29) is 5.91 Å². The normalized spacial score (nSPS) is 11.8. The SMILES string of the molecule is C=C/C(=C\C=C/C)CN=Cc1cc(C(=O)Nc2ccccc2N)ccc1N. The van der Waals surface area contributed by atoms with Crippen molar-refractivity contribution in [3.63, 3.8) is 0 Å². The van der Waals surface area contributed by atoms with E-state index in [0.29, 0.717) is 34.7 Å². The molecular formula is C22H24N4O. The van der Waals surface area contributed by atoms with E-state index < -0.39 is 0 Å².